The first-order valence-corrected chi connectivity index (χ1v) is 7.36. The Labute approximate surface area is 122 Å². The summed E-state index contributed by atoms with van der Waals surface area (Å²) in [4.78, 5) is 15.6. The molecule has 4 rings (SSSR count). The Morgan fingerprint density at radius 1 is 1.33 bits per heavy atom. The fraction of sp³-hybridized carbons (Fsp3) is 0.375. The van der Waals surface area contributed by atoms with Crippen molar-refractivity contribution in [3.63, 3.8) is 0 Å². The van der Waals surface area contributed by atoms with Gasteiger partial charge in [-0.25, -0.2) is 4.98 Å². The smallest absolute Gasteiger partial charge is 0.224 e. The zero-order valence-corrected chi connectivity index (χ0v) is 11.7. The third-order valence-electron chi connectivity index (χ3n) is 4.05. The maximum Gasteiger partial charge on any atom is 0.224 e. The van der Waals surface area contributed by atoms with Gasteiger partial charge in [-0.3, -0.25) is 4.79 Å². The molecule has 1 N–H and O–H groups in total. The van der Waals surface area contributed by atoms with E-state index < -0.39 is 0 Å². The van der Waals surface area contributed by atoms with E-state index in [4.69, 9.17) is 4.74 Å². The first kappa shape index (κ1) is 12.4. The minimum absolute atomic E-state index is 0.0754. The second-order valence-electron chi connectivity index (χ2n) is 5.68. The van der Waals surface area contributed by atoms with Crippen molar-refractivity contribution in [2.24, 2.45) is 0 Å². The zero-order valence-electron chi connectivity index (χ0n) is 11.7. The third kappa shape index (κ3) is 2.51. The molecule has 1 saturated carbocycles. The fourth-order valence-corrected chi connectivity index (χ4v) is 2.72. The number of anilines is 1. The van der Waals surface area contributed by atoms with Gasteiger partial charge in [0.25, 0.3) is 0 Å². The molecule has 108 valence electrons. The molecule has 2 aliphatic rings. The largest absolute Gasteiger partial charge is 0.487 e. The van der Waals surface area contributed by atoms with Gasteiger partial charge >= 0.3 is 0 Å². The second kappa shape index (κ2) is 4.91. The summed E-state index contributed by atoms with van der Waals surface area (Å²) in [6.07, 6.45) is 7.56. The Kier molecular flexibility index (Phi) is 2.91. The van der Waals surface area contributed by atoms with Crippen molar-refractivity contribution in [3.8, 4) is 5.75 Å². The molecule has 0 radical (unpaired) electrons. The van der Waals surface area contributed by atoms with E-state index in [1.54, 1.807) is 0 Å². The third-order valence-corrected chi connectivity index (χ3v) is 4.05. The number of aromatic nitrogens is 2. The standard InChI is InChI=1S/C16H17N3O2/c20-16-6-2-11-1-5-14(7-15(11)18-16)21-9-13-8-17-10-19(13)12-3-4-12/h1,5,7-8,10,12H,2-4,6,9H2,(H,18,20). The van der Waals surface area contributed by atoms with Crippen LogP contribution in [0.3, 0.4) is 0 Å². The van der Waals surface area contributed by atoms with Gasteiger partial charge in [0.2, 0.25) is 5.91 Å². The van der Waals surface area contributed by atoms with Gasteiger partial charge in [-0.1, -0.05) is 6.07 Å². The molecule has 1 fully saturated rings. The lowest BCUT2D eigenvalue weighted by Crippen LogP contribution is -2.18. The summed E-state index contributed by atoms with van der Waals surface area (Å²) in [6.45, 7) is 0.503. The van der Waals surface area contributed by atoms with Crippen molar-refractivity contribution >= 4 is 11.6 Å². The normalized spacial score (nSPS) is 17.2. The van der Waals surface area contributed by atoms with Gasteiger partial charge in [-0.05, 0) is 30.9 Å². The van der Waals surface area contributed by atoms with E-state index in [9.17, 15) is 4.79 Å². The van der Waals surface area contributed by atoms with Crippen LogP contribution in [0.4, 0.5) is 5.69 Å². The molecular formula is C16H17N3O2. The number of fused-ring (bicyclic) bond motifs is 1. The maximum absolute atomic E-state index is 11.4. The number of carbonyl (C=O) groups is 1. The van der Waals surface area contributed by atoms with Gasteiger partial charge in [-0.15, -0.1) is 0 Å². The number of ether oxygens (including phenoxy) is 1. The van der Waals surface area contributed by atoms with Crippen LogP contribution >= 0.6 is 0 Å². The SMILES string of the molecule is O=C1CCc2ccc(OCc3cncn3C3CC3)cc2N1. The van der Waals surface area contributed by atoms with Gasteiger partial charge in [0.15, 0.2) is 0 Å². The highest BCUT2D eigenvalue weighted by Gasteiger charge is 2.25. The summed E-state index contributed by atoms with van der Waals surface area (Å²) < 4.78 is 8.05. The zero-order chi connectivity index (χ0) is 14.2. The van der Waals surface area contributed by atoms with Gasteiger partial charge in [0.1, 0.15) is 12.4 Å². The number of imidazole rings is 1. The quantitative estimate of drug-likeness (QED) is 0.938. The predicted octanol–water partition coefficient (Wildman–Crippen LogP) is 2.68. The van der Waals surface area contributed by atoms with E-state index in [2.05, 4.69) is 14.9 Å². The van der Waals surface area contributed by atoms with E-state index in [0.29, 0.717) is 19.1 Å². The van der Waals surface area contributed by atoms with E-state index in [1.807, 2.05) is 30.7 Å². The molecule has 1 aromatic heterocycles. The number of hydrogen-bond donors (Lipinski definition) is 1. The molecule has 5 nitrogen and oxygen atoms in total. The highest BCUT2D eigenvalue weighted by Crippen LogP contribution is 2.36. The van der Waals surface area contributed by atoms with Crippen LogP contribution in [0.5, 0.6) is 5.75 Å². The number of carbonyl (C=O) groups excluding carboxylic acids is 1. The van der Waals surface area contributed by atoms with Gasteiger partial charge < -0.3 is 14.6 Å². The van der Waals surface area contributed by atoms with Crippen LogP contribution in [-0.4, -0.2) is 15.5 Å². The number of amides is 1. The lowest BCUT2D eigenvalue weighted by atomic mass is 10.0. The average Bonchev–Trinajstić information content (AvgIpc) is 3.23. The molecule has 1 aliphatic carbocycles. The van der Waals surface area contributed by atoms with Gasteiger partial charge in [0.05, 0.1) is 18.2 Å². The summed E-state index contributed by atoms with van der Waals surface area (Å²) in [5.41, 5.74) is 3.14. The monoisotopic (exact) mass is 283 g/mol. The van der Waals surface area contributed by atoms with Crippen LogP contribution in [0, 0.1) is 0 Å². The minimum Gasteiger partial charge on any atom is -0.487 e. The van der Waals surface area contributed by atoms with Crippen molar-refractivity contribution in [2.45, 2.75) is 38.3 Å². The number of nitrogens with zero attached hydrogens (tertiary/aromatic N) is 2. The highest BCUT2D eigenvalue weighted by molar-refractivity contribution is 5.94. The Bertz CT molecular complexity index is 689. The molecule has 5 heteroatoms. The van der Waals surface area contributed by atoms with Crippen molar-refractivity contribution in [1.82, 2.24) is 9.55 Å². The van der Waals surface area contributed by atoms with E-state index in [0.717, 1.165) is 23.6 Å². The Hall–Kier alpha value is -2.30. The first-order valence-electron chi connectivity index (χ1n) is 7.36. The molecular weight excluding hydrogens is 266 g/mol. The summed E-state index contributed by atoms with van der Waals surface area (Å²) in [7, 11) is 0. The Morgan fingerprint density at radius 2 is 2.24 bits per heavy atom. The van der Waals surface area contributed by atoms with E-state index >= 15 is 0 Å². The van der Waals surface area contributed by atoms with Crippen LogP contribution in [0.1, 0.15) is 36.6 Å². The highest BCUT2D eigenvalue weighted by atomic mass is 16.5. The molecule has 0 unspecified atom stereocenters. The van der Waals surface area contributed by atoms with Crippen LogP contribution < -0.4 is 10.1 Å². The molecule has 2 heterocycles. The predicted molar refractivity (Wildman–Crippen MR) is 78.2 cm³/mol. The molecule has 0 spiro atoms. The number of benzene rings is 1. The van der Waals surface area contributed by atoms with Gasteiger partial charge in [0, 0.05) is 24.2 Å². The molecule has 1 aliphatic heterocycles. The number of nitrogens with one attached hydrogen (secondary N) is 1. The Balaban J connectivity index is 1.48. The summed E-state index contributed by atoms with van der Waals surface area (Å²) in [5.74, 6) is 0.853. The topological polar surface area (TPSA) is 56.1 Å². The lowest BCUT2D eigenvalue weighted by molar-refractivity contribution is -0.116. The molecule has 0 atom stereocenters. The number of aryl methyl sites for hydroxylation is 1. The van der Waals surface area contributed by atoms with Crippen molar-refractivity contribution < 1.29 is 9.53 Å². The van der Waals surface area contributed by atoms with E-state index in [-0.39, 0.29) is 5.91 Å². The van der Waals surface area contributed by atoms with Crippen LogP contribution in [-0.2, 0) is 17.8 Å². The molecule has 0 saturated heterocycles. The van der Waals surface area contributed by atoms with E-state index in [1.165, 1.54) is 18.4 Å². The molecule has 1 amide bonds. The minimum atomic E-state index is 0.0754. The van der Waals surface area contributed by atoms with Crippen LogP contribution in [0.2, 0.25) is 0 Å². The summed E-state index contributed by atoms with van der Waals surface area (Å²) in [6, 6.07) is 6.51. The summed E-state index contributed by atoms with van der Waals surface area (Å²) in [5, 5.41) is 2.90. The van der Waals surface area contributed by atoms with Crippen molar-refractivity contribution in [2.75, 3.05) is 5.32 Å². The summed E-state index contributed by atoms with van der Waals surface area (Å²) >= 11 is 0. The maximum atomic E-state index is 11.4. The number of hydrogen-bond acceptors (Lipinski definition) is 3. The van der Waals surface area contributed by atoms with Crippen LogP contribution in [0.25, 0.3) is 0 Å². The first-order chi connectivity index (χ1) is 10.3. The lowest BCUT2D eigenvalue weighted by Gasteiger charge is -2.18. The molecule has 1 aromatic carbocycles. The van der Waals surface area contributed by atoms with Crippen molar-refractivity contribution in [3.05, 3.63) is 42.0 Å². The van der Waals surface area contributed by atoms with Crippen LogP contribution in [0.15, 0.2) is 30.7 Å². The fourth-order valence-electron chi connectivity index (χ4n) is 2.72. The molecule has 2 aromatic rings. The average molecular weight is 283 g/mol. The number of rotatable bonds is 4. The molecule has 21 heavy (non-hydrogen) atoms. The molecule has 0 bridgehead atoms. The van der Waals surface area contributed by atoms with Gasteiger partial charge in [-0.2, -0.15) is 0 Å². The second-order valence-corrected chi connectivity index (χ2v) is 5.68. The van der Waals surface area contributed by atoms with Crippen molar-refractivity contribution in [1.29, 1.82) is 0 Å². The Morgan fingerprint density at radius 3 is 3.10 bits per heavy atom.